The lowest BCUT2D eigenvalue weighted by molar-refractivity contribution is 0.101. The van der Waals surface area contributed by atoms with E-state index in [2.05, 4.69) is 61.2 Å². The Labute approximate surface area is 139 Å². The molecular formula is C19H29N3O. The van der Waals surface area contributed by atoms with Crippen molar-refractivity contribution in [2.24, 2.45) is 0 Å². The van der Waals surface area contributed by atoms with Crippen LogP contribution in [0.3, 0.4) is 0 Å². The molecule has 23 heavy (non-hydrogen) atoms. The molecule has 2 aromatic rings. The van der Waals surface area contributed by atoms with E-state index in [0.717, 1.165) is 19.5 Å². The van der Waals surface area contributed by atoms with Gasteiger partial charge in [0.05, 0.1) is 17.8 Å². The van der Waals surface area contributed by atoms with Crippen LogP contribution in [0.25, 0.3) is 0 Å². The Morgan fingerprint density at radius 2 is 1.78 bits per heavy atom. The first kappa shape index (κ1) is 17.7. The van der Waals surface area contributed by atoms with E-state index in [1.807, 2.05) is 23.9 Å². The number of rotatable bonds is 7. The predicted octanol–water partition coefficient (Wildman–Crippen LogP) is 3.41. The van der Waals surface area contributed by atoms with Gasteiger partial charge in [0, 0.05) is 31.4 Å². The number of aromatic nitrogens is 2. The Morgan fingerprint density at radius 3 is 2.35 bits per heavy atom. The molecule has 1 aromatic carbocycles. The van der Waals surface area contributed by atoms with E-state index in [4.69, 9.17) is 0 Å². The average molecular weight is 315 g/mol. The molecule has 0 aliphatic carbocycles. The van der Waals surface area contributed by atoms with E-state index in [0.29, 0.717) is 6.54 Å². The van der Waals surface area contributed by atoms with Crippen molar-refractivity contribution in [3.63, 3.8) is 0 Å². The van der Waals surface area contributed by atoms with Crippen LogP contribution in [0, 0.1) is 0 Å². The third-order valence-corrected chi connectivity index (χ3v) is 3.92. The highest BCUT2D eigenvalue weighted by Gasteiger charge is 2.16. The largest absolute Gasteiger partial charge is 0.392 e. The van der Waals surface area contributed by atoms with Gasteiger partial charge in [-0.2, -0.15) is 5.10 Å². The van der Waals surface area contributed by atoms with Crippen LogP contribution in [-0.4, -0.2) is 32.4 Å². The molecule has 0 aliphatic heterocycles. The summed E-state index contributed by atoms with van der Waals surface area (Å²) in [5, 5.41) is 14.5. The Kier molecular flexibility index (Phi) is 5.97. The molecule has 0 spiro atoms. The number of aliphatic hydroxyl groups is 1. The van der Waals surface area contributed by atoms with Crippen molar-refractivity contribution in [1.82, 2.24) is 14.7 Å². The molecule has 0 amide bonds. The average Bonchev–Trinajstić information content (AvgIpc) is 2.96. The quantitative estimate of drug-likeness (QED) is 0.851. The van der Waals surface area contributed by atoms with Crippen LogP contribution in [0.4, 0.5) is 0 Å². The molecule has 1 aromatic heterocycles. The van der Waals surface area contributed by atoms with E-state index in [1.54, 1.807) is 0 Å². The zero-order valence-corrected chi connectivity index (χ0v) is 14.7. The summed E-state index contributed by atoms with van der Waals surface area (Å²) in [6.07, 6.45) is 4.51. The van der Waals surface area contributed by atoms with E-state index in [-0.39, 0.29) is 11.6 Å². The monoisotopic (exact) mass is 315 g/mol. The first-order chi connectivity index (χ1) is 10.9. The van der Waals surface area contributed by atoms with Crippen LogP contribution >= 0.6 is 0 Å². The predicted molar refractivity (Wildman–Crippen MR) is 94.1 cm³/mol. The molecule has 1 N–H and O–H groups in total. The van der Waals surface area contributed by atoms with Crippen LogP contribution in [0.5, 0.6) is 0 Å². The van der Waals surface area contributed by atoms with Gasteiger partial charge in [-0.05, 0) is 32.8 Å². The van der Waals surface area contributed by atoms with Crippen molar-refractivity contribution < 1.29 is 5.11 Å². The number of hydrogen-bond acceptors (Lipinski definition) is 3. The topological polar surface area (TPSA) is 41.3 Å². The van der Waals surface area contributed by atoms with Gasteiger partial charge in [-0.1, -0.05) is 37.3 Å². The van der Waals surface area contributed by atoms with Crippen LogP contribution in [-0.2, 0) is 18.6 Å². The van der Waals surface area contributed by atoms with Crippen LogP contribution in [0.15, 0.2) is 42.7 Å². The fourth-order valence-corrected chi connectivity index (χ4v) is 2.52. The van der Waals surface area contributed by atoms with Crippen molar-refractivity contribution in [2.45, 2.75) is 58.8 Å². The molecule has 0 saturated heterocycles. The molecule has 1 heterocycles. The first-order valence-corrected chi connectivity index (χ1v) is 8.37. The second kappa shape index (κ2) is 7.75. The molecular weight excluding hydrogens is 286 g/mol. The zero-order valence-electron chi connectivity index (χ0n) is 14.7. The molecule has 1 atom stereocenters. The summed E-state index contributed by atoms with van der Waals surface area (Å²) >= 11 is 0. The van der Waals surface area contributed by atoms with Gasteiger partial charge in [-0.15, -0.1) is 0 Å². The van der Waals surface area contributed by atoms with Gasteiger partial charge in [-0.25, -0.2) is 0 Å². The molecule has 0 aliphatic rings. The van der Waals surface area contributed by atoms with Gasteiger partial charge < -0.3 is 5.11 Å². The maximum Gasteiger partial charge on any atom is 0.0664 e. The summed E-state index contributed by atoms with van der Waals surface area (Å²) in [6, 6.07) is 10.4. The minimum Gasteiger partial charge on any atom is -0.392 e. The summed E-state index contributed by atoms with van der Waals surface area (Å²) in [7, 11) is 0. The maximum absolute atomic E-state index is 10.1. The second-order valence-corrected chi connectivity index (χ2v) is 7.18. The Morgan fingerprint density at radius 1 is 1.13 bits per heavy atom. The minimum atomic E-state index is -0.295. The normalized spacial score (nSPS) is 13.5. The van der Waals surface area contributed by atoms with Gasteiger partial charge in [-0.3, -0.25) is 9.58 Å². The van der Waals surface area contributed by atoms with Gasteiger partial charge >= 0.3 is 0 Å². The molecule has 1 unspecified atom stereocenters. The van der Waals surface area contributed by atoms with Crippen LogP contribution in [0.1, 0.15) is 45.2 Å². The zero-order chi connectivity index (χ0) is 16.9. The van der Waals surface area contributed by atoms with E-state index >= 15 is 0 Å². The van der Waals surface area contributed by atoms with Gasteiger partial charge in [0.1, 0.15) is 0 Å². The molecule has 2 rings (SSSR count). The Hall–Kier alpha value is -1.65. The molecule has 4 nitrogen and oxygen atoms in total. The molecule has 126 valence electrons. The Bertz CT molecular complexity index is 586. The standard InChI is InChI=1S/C19H29N3O/c1-5-18(23)15-21(12-16-9-7-6-8-10-16)13-17-11-20-22(14-17)19(2,3)4/h6-11,14,18,23H,5,12-13,15H2,1-4H3. The molecule has 0 radical (unpaired) electrons. The summed E-state index contributed by atoms with van der Waals surface area (Å²) in [6.45, 7) is 10.8. The van der Waals surface area contributed by atoms with Gasteiger partial charge in [0.15, 0.2) is 0 Å². The lowest BCUT2D eigenvalue weighted by Gasteiger charge is -2.24. The Balaban J connectivity index is 2.09. The van der Waals surface area contributed by atoms with Crippen molar-refractivity contribution in [3.05, 3.63) is 53.9 Å². The van der Waals surface area contributed by atoms with Crippen molar-refractivity contribution in [1.29, 1.82) is 0 Å². The van der Waals surface area contributed by atoms with E-state index < -0.39 is 0 Å². The lowest BCUT2D eigenvalue weighted by Crippen LogP contribution is -2.31. The maximum atomic E-state index is 10.1. The second-order valence-electron chi connectivity index (χ2n) is 7.18. The van der Waals surface area contributed by atoms with Crippen molar-refractivity contribution in [2.75, 3.05) is 6.54 Å². The number of hydrogen-bond donors (Lipinski definition) is 1. The van der Waals surface area contributed by atoms with Gasteiger partial charge in [0.25, 0.3) is 0 Å². The highest BCUT2D eigenvalue weighted by Crippen LogP contribution is 2.16. The highest BCUT2D eigenvalue weighted by atomic mass is 16.3. The molecule has 0 bridgehead atoms. The lowest BCUT2D eigenvalue weighted by atomic mass is 10.1. The molecule has 0 fully saturated rings. The van der Waals surface area contributed by atoms with Crippen molar-refractivity contribution in [3.8, 4) is 0 Å². The van der Waals surface area contributed by atoms with Crippen LogP contribution < -0.4 is 0 Å². The summed E-state index contributed by atoms with van der Waals surface area (Å²) in [4.78, 5) is 2.29. The SMILES string of the molecule is CCC(O)CN(Cc1ccccc1)Cc1cnn(C(C)(C)C)c1. The number of benzene rings is 1. The van der Waals surface area contributed by atoms with E-state index in [9.17, 15) is 5.11 Å². The van der Waals surface area contributed by atoms with Crippen LogP contribution in [0.2, 0.25) is 0 Å². The fraction of sp³-hybridized carbons (Fsp3) is 0.526. The third kappa shape index (κ3) is 5.48. The number of nitrogens with zero attached hydrogens (tertiary/aromatic N) is 3. The summed E-state index contributed by atoms with van der Waals surface area (Å²) in [5.41, 5.74) is 2.43. The number of aliphatic hydroxyl groups excluding tert-OH is 1. The van der Waals surface area contributed by atoms with Gasteiger partial charge in [0.2, 0.25) is 0 Å². The summed E-state index contributed by atoms with van der Waals surface area (Å²) in [5.74, 6) is 0. The smallest absolute Gasteiger partial charge is 0.0664 e. The molecule has 0 saturated carbocycles. The highest BCUT2D eigenvalue weighted by molar-refractivity contribution is 5.15. The molecule has 4 heteroatoms. The van der Waals surface area contributed by atoms with E-state index in [1.165, 1.54) is 11.1 Å². The van der Waals surface area contributed by atoms with Crippen molar-refractivity contribution >= 4 is 0 Å². The third-order valence-electron chi connectivity index (χ3n) is 3.92. The summed E-state index contributed by atoms with van der Waals surface area (Å²) < 4.78 is 2.00. The minimum absolute atomic E-state index is 0.00849. The fourth-order valence-electron chi connectivity index (χ4n) is 2.52. The first-order valence-electron chi connectivity index (χ1n) is 8.37.